The third-order valence-corrected chi connectivity index (χ3v) is 3.92. The molecule has 0 amide bonds. The molecule has 0 aromatic rings. The third kappa shape index (κ3) is 4.84. The van der Waals surface area contributed by atoms with E-state index in [1.807, 2.05) is 0 Å². The van der Waals surface area contributed by atoms with E-state index in [4.69, 9.17) is 5.11 Å². The van der Waals surface area contributed by atoms with Gasteiger partial charge in [-0.3, -0.25) is 0 Å². The lowest BCUT2D eigenvalue weighted by Gasteiger charge is -2.15. The molecule has 4 atom stereocenters. The van der Waals surface area contributed by atoms with Gasteiger partial charge in [0.15, 0.2) is 0 Å². The van der Waals surface area contributed by atoms with Crippen molar-refractivity contribution < 1.29 is 15.3 Å². The summed E-state index contributed by atoms with van der Waals surface area (Å²) in [5, 5.41) is 31.6. The summed E-state index contributed by atoms with van der Waals surface area (Å²) in [6, 6.07) is -0.428. The smallest absolute Gasteiger partial charge is 0.0989 e. The molecule has 0 saturated carbocycles. The molecule has 0 radical (unpaired) electrons. The van der Waals surface area contributed by atoms with Crippen LogP contribution in [-0.4, -0.2) is 46.2 Å². The second-order valence-electron chi connectivity index (χ2n) is 5.45. The first kappa shape index (κ1) is 15.9. The topological polar surface area (TPSA) is 72.7 Å². The lowest BCUT2D eigenvalue weighted by Crippen LogP contribution is -2.36. The minimum atomic E-state index is -0.829. The molecular formula is C14H29NO3. The molecule has 0 aliphatic carbocycles. The lowest BCUT2D eigenvalue weighted by atomic mass is 10.0. The molecule has 1 heterocycles. The average Bonchev–Trinajstić information content (AvgIpc) is 2.65. The van der Waals surface area contributed by atoms with Gasteiger partial charge in [-0.25, -0.2) is 0 Å². The van der Waals surface area contributed by atoms with Gasteiger partial charge in [0.1, 0.15) is 0 Å². The van der Waals surface area contributed by atoms with Gasteiger partial charge in [-0.05, 0) is 6.42 Å². The maximum atomic E-state index is 9.81. The Hall–Kier alpha value is -0.160. The van der Waals surface area contributed by atoms with Crippen LogP contribution in [0.3, 0.4) is 0 Å². The van der Waals surface area contributed by atoms with E-state index in [-0.39, 0.29) is 18.7 Å². The summed E-state index contributed by atoms with van der Waals surface area (Å²) in [5.74, 6) is 0. The van der Waals surface area contributed by atoms with E-state index < -0.39 is 12.2 Å². The number of hydrogen-bond donors (Lipinski definition) is 4. The van der Waals surface area contributed by atoms with Gasteiger partial charge in [-0.15, -0.1) is 0 Å². The number of nitrogens with one attached hydrogen (secondary N) is 1. The normalized spacial score (nSPS) is 32.0. The highest BCUT2D eigenvalue weighted by Crippen LogP contribution is 2.19. The van der Waals surface area contributed by atoms with Gasteiger partial charge in [0.25, 0.3) is 0 Å². The molecule has 0 aromatic carbocycles. The maximum absolute atomic E-state index is 9.81. The van der Waals surface area contributed by atoms with Gasteiger partial charge in [0, 0.05) is 6.04 Å². The summed E-state index contributed by atoms with van der Waals surface area (Å²) in [6.07, 6.45) is 8.07. The van der Waals surface area contributed by atoms with Crippen molar-refractivity contribution in [2.75, 3.05) is 6.61 Å². The number of rotatable bonds is 9. The summed E-state index contributed by atoms with van der Waals surface area (Å²) in [5.41, 5.74) is 0. The zero-order valence-corrected chi connectivity index (χ0v) is 11.5. The fourth-order valence-corrected chi connectivity index (χ4v) is 2.68. The van der Waals surface area contributed by atoms with Gasteiger partial charge in [-0.1, -0.05) is 51.9 Å². The van der Waals surface area contributed by atoms with Crippen LogP contribution in [0.4, 0.5) is 0 Å². The highest BCUT2D eigenvalue weighted by molar-refractivity contribution is 4.97. The molecule has 4 heteroatoms. The Balaban J connectivity index is 2.05. The lowest BCUT2D eigenvalue weighted by molar-refractivity contribution is 0.0186. The Morgan fingerprint density at radius 1 is 0.833 bits per heavy atom. The van der Waals surface area contributed by atoms with Crippen LogP contribution in [0, 0.1) is 0 Å². The molecule has 18 heavy (non-hydrogen) atoms. The quantitative estimate of drug-likeness (QED) is 0.469. The van der Waals surface area contributed by atoms with Crippen LogP contribution in [-0.2, 0) is 0 Å². The molecule has 4 nitrogen and oxygen atoms in total. The molecule has 1 aliphatic heterocycles. The minimum absolute atomic E-state index is 0.0622. The van der Waals surface area contributed by atoms with E-state index in [2.05, 4.69) is 12.2 Å². The Morgan fingerprint density at radius 3 is 1.94 bits per heavy atom. The number of hydrogen-bond acceptors (Lipinski definition) is 4. The van der Waals surface area contributed by atoms with Gasteiger partial charge in [-0.2, -0.15) is 0 Å². The van der Waals surface area contributed by atoms with Crippen LogP contribution in [0.25, 0.3) is 0 Å². The largest absolute Gasteiger partial charge is 0.395 e. The second-order valence-corrected chi connectivity index (χ2v) is 5.45. The first-order valence-electron chi connectivity index (χ1n) is 7.43. The van der Waals surface area contributed by atoms with E-state index in [1.54, 1.807) is 0 Å². The van der Waals surface area contributed by atoms with E-state index in [0.29, 0.717) is 0 Å². The summed E-state index contributed by atoms with van der Waals surface area (Å²) in [4.78, 5) is 0. The average molecular weight is 259 g/mol. The van der Waals surface area contributed by atoms with Crippen LogP contribution in [0.5, 0.6) is 0 Å². The Labute approximate surface area is 110 Å². The molecular weight excluding hydrogens is 230 g/mol. The molecule has 0 aromatic heterocycles. The van der Waals surface area contributed by atoms with Crippen LogP contribution in [0.1, 0.15) is 58.3 Å². The SMILES string of the molecule is CCCCCCCCC[C@H]1N[C@H](CO)[C@@H](O)[C@@H]1O. The molecule has 1 saturated heterocycles. The minimum Gasteiger partial charge on any atom is -0.395 e. The van der Waals surface area contributed by atoms with Gasteiger partial charge < -0.3 is 20.6 Å². The van der Waals surface area contributed by atoms with Crippen LogP contribution in [0.15, 0.2) is 0 Å². The zero-order valence-electron chi connectivity index (χ0n) is 11.5. The van der Waals surface area contributed by atoms with Crippen molar-refractivity contribution in [3.8, 4) is 0 Å². The van der Waals surface area contributed by atoms with E-state index >= 15 is 0 Å². The van der Waals surface area contributed by atoms with Crippen molar-refractivity contribution in [3.05, 3.63) is 0 Å². The van der Waals surface area contributed by atoms with E-state index in [9.17, 15) is 10.2 Å². The van der Waals surface area contributed by atoms with E-state index in [1.165, 1.54) is 38.5 Å². The van der Waals surface area contributed by atoms with Crippen molar-refractivity contribution in [3.63, 3.8) is 0 Å². The van der Waals surface area contributed by atoms with E-state index in [0.717, 1.165) is 12.8 Å². The molecule has 1 rings (SSSR count). The standard InChI is InChI=1S/C14H29NO3/c1-2-3-4-5-6-7-8-9-11-13(17)14(18)12(10-16)15-11/h11-18H,2-10H2,1H3/t11-,12-,13-,14-/m1/s1. The predicted octanol–water partition coefficient (Wildman–Crippen LogP) is 1.18. The number of aliphatic hydroxyl groups excluding tert-OH is 3. The molecule has 0 unspecified atom stereocenters. The van der Waals surface area contributed by atoms with Crippen molar-refractivity contribution in [2.24, 2.45) is 0 Å². The third-order valence-electron chi connectivity index (χ3n) is 3.92. The molecule has 108 valence electrons. The highest BCUT2D eigenvalue weighted by Gasteiger charge is 2.39. The first-order valence-corrected chi connectivity index (χ1v) is 7.43. The Kier molecular flexibility index (Phi) is 7.82. The second kappa shape index (κ2) is 8.86. The fraction of sp³-hybridized carbons (Fsp3) is 1.00. The van der Waals surface area contributed by atoms with Gasteiger partial charge in [0.05, 0.1) is 24.9 Å². The van der Waals surface area contributed by atoms with Crippen molar-refractivity contribution >= 4 is 0 Å². The molecule has 0 spiro atoms. The van der Waals surface area contributed by atoms with Crippen molar-refractivity contribution in [1.82, 2.24) is 5.32 Å². The Morgan fingerprint density at radius 2 is 1.39 bits per heavy atom. The van der Waals surface area contributed by atoms with Crippen molar-refractivity contribution in [2.45, 2.75) is 82.6 Å². The molecule has 1 fully saturated rings. The number of aliphatic hydroxyl groups is 3. The molecule has 1 aliphatic rings. The summed E-state index contributed by atoms with van der Waals surface area (Å²) in [6.45, 7) is 2.10. The van der Waals surface area contributed by atoms with Crippen LogP contribution >= 0.6 is 0 Å². The highest BCUT2D eigenvalue weighted by atomic mass is 16.3. The summed E-state index contributed by atoms with van der Waals surface area (Å²) >= 11 is 0. The maximum Gasteiger partial charge on any atom is 0.0989 e. The first-order chi connectivity index (χ1) is 8.70. The fourth-order valence-electron chi connectivity index (χ4n) is 2.68. The molecule has 0 bridgehead atoms. The monoisotopic (exact) mass is 259 g/mol. The summed E-state index contributed by atoms with van der Waals surface area (Å²) < 4.78 is 0. The number of unbranched alkanes of at least 4 members (excludes halogenated alkanes) is 6. The van der Waals surface area contributed by atoms with Crippen LogP contribution in [0.2, 0.25) is 0 Å². The van der Waals surface area contributed by atoms with Crippen molar-refractivity contribution in [1.29, 1.82) is 0 Å². The zero-order chi connectivity index (χ0) is 13.4. The summed E-state index contributed by atoms with van der Waals surface area (Å²) in [7, 11) is 0. The molecule has 4 N–H and O–H groups in total. The predicted molar refractivity (Wildman–Crippen MR) is 72.4 cm³/mol. The van der Waals surface area contributed by atoms with Gasteiger partial charge >= 0.3 is 0 Å². The van der Waals surface area contributed by atoms with Crippen LogP contribution < -0.4 is 5.32 Å². The Bertz CT molecular complexity index is 213. The van der Waals surface area contributed by atoms with Gasteiger partial charge in [0.2, 0.25) is 0 Å².